The summed E-state index contributed by atoms with van der Waals surface area (Å²) >= 11 is 0. The summed E-state index contributed by atoms with van der Waals surface area (Å²) < 4.78 is 0. The van der Waals surface area contributed by atoms with Gasteiger partial charge in [0.2, 0.25) is 0 Å². The molecule has 0 bridgehead atoms. The maximum atomic E-state index is 5.39. The number of allylic oxidation sites excluding steroid dienone is 1. The van der Waals surface area contributed by atoms with Gasteiger partial charge in [0.25, 0.3) is 0 Å². The second-order valence-electron chi connectivity index (χ2n) is 2.50. The number of rotatable bonds is 3. The molecule has 58 valence electrons. The van der Waals surface area contributed by atoms with Gasteiger partial charge in [0, 0.05) is 13.1 Å². The van der Waals surface area contributed by atoms with E-state index < -0.39 is 0 Å². The maximum Gasteiger partial charge on any atom is 0.0866 e. The number of hydrogen-bond donors (Lipinski definition) is 0. The number of hydroxylamine groups is 2. The van der Waals surface area contributed by atoms with Gasteiger partial charge in [-0.3, -0.25) is 4.84 Å². The quantitative estimate of drug-likeness (QED) is 0.553. The number of hydrogen-bond acceptors (Lipinski definition) is 2. The molecule has 1 fully saturated rings. The Morgan fingerprint density at radius 1 is 1.40 bits per heavy atom. The number of nitrogens with zero attached hydrogens (tertiary/aromatic N) is 1. The second kappa shape index (κ2) is 4.47. The Hall–Kier alpha value is -0.340. The fraction of sp³-hybridized carbons (Fsp3) is 0.750. The van der Waals surface area contributed by atoms with Crippen LogP contribution in [0, 0.1) is 0 Å². The van der Waals surface area contributed by atoms with Crippen LogP contribution in [0.3, 0.4) is 0 Å². The van der Waals surface area contributed by atoms with Crippen LogP contribution in [0.15, 0.2) is 12.2 Å². The van der Waals surface area contributed by atoms with E-state index in [1.807, 2.05) is 24.1 Å². The van der Waals surface area contributed by atoms with E-state index in [2.05, 4.69) is 0 Å². The molecule has 1 rings (SSSR count). The van der Waals surface area contributed by atoms with E-state index in [0.29, 0.717) is 0 Å². The zero-order valence-electron chi connectivity index (χ0n) is 6.55. The Morgan fingerprint density at radius 3 is 2.70 bits per heavy atom. The molecule has 2 nitrogen and oxygen atoms in total. The van der Waals surface area contributed by atoms with Gasteiger partial charge < -0.3 is 0 Å². The normalized spacial score (nSPS) is 20.9. The van der Waals surface area contributed by atoms with Gasteiger partial charge in [-0.15, -0.1) is 0 Å². The van der Waals surface area contributed by atoms with Crippen molar-refractivity contribution in [3.05, 3.63) is 12.2 Å². The molecule has 0 spiro atoms. The first kappa shape index (κ1) is 7.76. The molecule has 0 unspecified atom stereocenters. The largest absolute Gasteiger partial charge is 0.295 e. The zero-order chi connectivity index (χ0) is 7.23. The molecule has 0 aromatic heterocycles. The zero-order valence-corrected chi connectivity index (χ0v) is 6.55. The average molecular weight is 141 g/mol. The van der Waals surface area contributed by atoms with E-state index in [1.54, 1.807) is 0 Å². The van der Waals surface area contributed by atoms with Crippen molar-refractivity contribution in [2.24, 2.45) is 0 Å². The van der Waals surface area contributed by atoms with Crippen LogP contribution in [0.5, 0.6) is 0 Å². The lowest BCUT2D eigenvalue weighted by atomic mass is 10.4. The maximum absolute atomic E-state index is 5.39. The summed E-state index contributed by atoms with van der Waals surface area (Å²) in [5.74, 6) is 0. The third-order valence-electron chi connectivity index (χ3n) is 1.65. The molecule has 0 radical (unpaired) electrons. The first-order valence-electron chi connectivity index (χ1n) is 3.92. The van der Waals surface area contributed by atoms with E-state index >= 15 is 0 Å². The summed E-state index contributed by atoms with van der Waals surface area (Å²) in [6, 6.07) is 0. The minimum absolute atomic E-state index is 0.733. The van der Waals surface area contributed by atoms with Crippen molar-refractivity contribution >= 4 is 0 Å². The van der Waals surface area contributed by atoms with Gasteiger partial charge >= 0.3 is 0 Å². The summed E-state index contributed by atoms with van der Waals surface area (Å²) in [6.07, 6.45) is 6.61. The standard InChI is InChI=1S/C8H15NO/c1-2-3-8-10-9-6-4-5-7-9/h2-3H,4-8H2,1H3. The topological polar surface area (TPSA) is 12.5 Å². The fourth-order valence-corrected chi connectivity index (χ4v) is 1.06. The molecule has 0 N–H and O–H groups in total. The first-order chi connectivity index (χ1) is 4.93. The molecule has 0 aliphatic carbocycles. The van der Waals surface area contributed by atoms with Crippen LogP contribution >= 0.6 is 0 Å². The van der Waals surface area contributed by atoms with Crippen molar-refractivity contribution in [2.75, 3.05) is 19.7 Å². The van der Waals surface area contributed by atoms with Crippen LogP contribution in [0.25, 0.3) is 0 Å². The van der Waals surface area contributed by atoms with Crippen molar-refractivity contribution in [2.45, 2.75) is 19.8 Å². The molecule has 0 aromatic carbocycles. The molecular weight excluding hydrogens is 126 g/mol. The van der Waals surface area contributed by atoms with Crippen molar-refractivity contribution in [1.82, 2.24) is 5.06 Å². The van der Waals surface area contributed by atoms with E-state index in [-0.39, 0.29) is 0 Å². The minimum atomic E-state index is 0.733. The SMILES string of the molecule is CC=CCON1CCCC1. The van der Waals surface area contributed by atoms with Crippen molar-refractivity contribution in [3.8, 4) is 0 Å². The molecule has 0 saturated carbocycles. The highest BCUT2D eigenvalue weighted by molar-refractivity contribution is 4.75. The van der Waals surface area contributed by atoms with Crippen LogP contribution in [-0.4, -0.2) is 24.8 Å². The predicted molar refractivity (Wildman–Crippen MR) is 41.6 cm³/mol. The molecule has 0 amide bonds. The lowest BCUT2D eigenvalue weighted by Crippen LogP contribution is -2.19. The Bertz CT molecular complexity index is 106. The van der Waals surface area contributed by atoms with Gasteiger partial charge in [-0.05, 0) is 19.8 Å². The summed E-state index contributed by atoms with van der Waals surface area (Å²) in [7, 11) is 0. The van der Waals surface area contributed by atoms with E-state index in [9.17, 15) is 0 Å². The summed E-state index contributed by atoms with van der Waals surface area (Å²) in [5, 5.41) is 2.04. The highest BCUT2D eigenvalue weighted by Gasteiger charge is 2.10. The highest BCUT2D eigenvalue weighted by atomic mass is 16.7. The van der Waals surface area contributed by atoms with Gasteiger partial charge in [0.15, 0.2) is 0 Å². The van der Waals surface area contributed by atoms with Gasteiger partial charge in [0.05, 0.1) is 6.61 Å². The summed E-state index contributed by atoms with van der Waals surface area (Å²) in [5.41, 5.74) is 0. The van der Waals surface area contributed by atoms with Gasteiger partial charge in [-0.25, -0.2) is 0 Å². The first-order valence-corrected chi connectivity index (χ1v) is 3.92. The Morgan fingerprint density at radius 2 is 2.10 bits per heavy atom. The van der Waals surface area contributed by atoms with Crippen LogP contribution in [-0.2, 0) is 4.84 Å². The van der Waals surface area contributed by atoms with Crippen molar-refractivity contribution in [1.29, 1.82) is 0 Å². The lowest BCUT2D eigenvalue weighted by Gasteiger charge is -2.12. The van der Waals surface area contributed by atoms with E-state index in [4.69, 9.17) is 4.84 Å². The fourth-order valence-electron chi connectivity index (χ4n) is 1.06. The van der Waals surface area contributed by atoms with E-state index in [0.717, 1.165) is 19.7 Å². The molecule has 0 aromatic rings. The lowest BCUT2D eigenvalue weighted by molar-refractivity contribution is -0.130. The molecule has 10 heavy (non-hydrogen) atoms. The molecular formula is C8H15NO. The van der Waals surface area contributed by atoms with Gasteiger partial charge in [0.1, 0.15) is 0 Å². The smallest absolute Gasteiger partial charge is 0.0866 e. The van der Waals surface area contributed by atoms with Crippen LogP contribution < -0.4 is 0 Å². The average Bonchev–Trinajstić information content (AvgIpc) is 2.41. The van der Waals surface area contributed by atoms with Crippen molar-refractivity contribution in [3.63, 3.8) is 0 Å². The van der Waals surface area contributed by atoms with Gasteiger partial charge in [-0.2, -0.15) is 5.06 Å². The van der Waals surface area contributed by atoms with Crippen LogP contribution in [0.4, 0.5) is 0 Å². The highest BCUT2D eigenvalue weighted by Crippen LogP contribution is 2.06. The van der Waals surface area contributed by atoms with Crippen molar-refractivity contribution < 1.29 is 4.84 Å². The van der Waals surface area contributed by atoms with Gasteiger partial charge in [-0.1, -0.05) is 12.2 Å². The Labute approximate surface area is 62.4 Å². The van der Waals surface area contributed by atoms with Crippen LogP contribution in [0.2, 0.25) is 0 Å². The molecule has 1 heterocycles. The third kappa shape index (κ3) is 2.50. The third-order valence-corrected chi connectivity index (χ3v) is 1.65. The monoisotopic (exact) mass is 141 g/mol. The molecule has 2 heteroatoms. The van der Waals surface area contributed by atoms with E-state index in [1.165, 1.54) is 12.8 Å². The Kier molecular flexibility index (Phi) is 3.47. The molecule has 1 aliphatic rings. The second-order valence-corrected chi connectivity index (χ2v) is 2.50. The molecule has 1 saturated heterocycles. The predicted octanol–water partition coefficient (Wildman–Crippen LogP) is 1.59. The van der Waals surface area contributed by atoms with Crippen LogP contribution in [0.1, 0.15) is 19.8 Å². The molecule has 0 atom stereocenters. The minimum Gasteiger partial charge on any atom is -0.295 e. The molecule has 1 aliphatic heterocycles. The Balaban J connectivity index is 2.01. The summed E-state index contributed by atoms with van der Waals surface area (Å²) in [6.45, 7) is 4.96. The summed E-state index contributed by atoms with van der Waals surface area (Å²) in [4.78, 5) is 5.39.